The molecule has 1 atom stereocenters. The first kappa shape index (κ1) is 17.7. The maximum atomic E-state index is 12.6. The molecule has 1 saturated heterocycles. The third-order valence-electron chi connectivity index (χ3n) is 5.41. The number of amides is 1. The van der Waals surface area contributed by atoms with Crippen molar-refractivity contribution in [2.24, 2.45) is 0 Å². The van der Waals surface area contributed by atoms with Crippen LogP contribution in [0.25, 0.3) is 5.78 Å². The van der Waals surface area contributed by atoms with Crippen LogP contribution in [-0.4, -0.2) is 51.4 Å². The van der Waals surface area contributed by atoms with E-state index in [9.17, 15) is 4.79 Å². The van der Waals surface area contributed by atoms with Crippen LogP contribution in [0.4, 0.5) is 0 Å². The number of carbonyl (C=O) groups excluding carboxylic acids is 1. The lowest BCUT2D eigenvalue weighted by molar-refractivity contribution is 0.0943. The summed E-state index contributed by atoms with van der Waals surface area (Å²) in [6, 6.07) is 10.5. The third-order valence-corrected chi connectivity index (χ3v) is 5.41. The zero-order chi connectivity index (χ0) is 18.8. The molecule has 1 aliphatic rings. The first-order valence-corrected chi connectivity index (χ1v) is 9.49. The maximum absolute atomic E-state index is 12.6. The van der Waals surface area contributed by atoms with Gasteiger partial charge in [0.05, 0.1) is 5.69 Å². The Bertz CT molecular complexity index is 964. The molecule has 1 N–H and O–H groups in total. The summed E-state index contributed by atoms with van der Waals surface area (Å²) in [5.74, 6) is 1.05. The van der Waals surface area contributed by atoms with E-state index in [1.54, 1.807) is 16.7 Å². The number of aryl methyl sites for hydroxylation is 2. The molecule has 0 saturated carbocycles. The zero-order valence-corrected chi connectivity index (χ0v) is 15.9. The van der Waals surface area contributed by atoms with Gasteiger partial charge in [-0.05, 0) is 49.9 Å². The fourth-order valence-corrected chi connectivity index (χ4v) is 4.02. The monoisotopic (exact) mass is 363 g/mol. The van der Waals surface area contributed by atoms with Gasteiger partial charge in [0.1, 0.15) is 5.69 Å². The van der Waals surface area contributed by atoms with Gasteiger partial charge < -0.3 is 10.2 Å². The van der Waals surface area contributed by atoms with Gasteiger partial charge >= 0.3 is 0 Å². The van der Waals surface area contributed by atoms with Crippen molar-refractivity contribution in [1.82, 2.24) is 24.6 Å². The molecule has 0 unspecified atom stereocenters. The van der Waals surface area contributed by atoms with Crippen LogP contribution in [0, 0.1) is 13.8 Å². The average Bonchev–Trinajstić information content (AvgIpc) is 3.25. The SMILES string of the molecule is Cc1ccccc1[C@@H]1CCN(CCNC(=O)c2c(C)nc3ncccn23)C1. The van der Waals surface area contributed by atoms with Crippen LogP contribution in [0.1, 0.15) is 39.6 Å². The number of carbonyl (C=O) groups is 1. The van der Waals surface area contributed by atoms with Gasteiger partial charge in [0.2, 0.25) is 5.78 Å². The number of fused-ring (bicyclic) bond motifs is 1. The van der Waals surface area contributed by atoms with E-state index in [-0.39, 0.29) is 5.91 Å². The van der Waals surface area contributed by atoms with Gasteiger partial charge in [-0.15, -0.1) is 0 Å². The Morgan fingerprint density at radius 2 is 2.11 bits per heavy atom. The average molecular weight is 363 g/mol. The second-order valence-corrected chi connectivity index (χ2v) is 7.23. The Morgan fingerprint density at radius 3 is 2.96 bits per heavy atom. The van der Waals surface area contributed by atoms with E-state index in [4.69, 9.17) is 0 Å². The Morgan fingerprint density at radius 1 is 1.26 bits per heavy atom. The summed E-state index contributed by atoms with van der Waals surface area (Å²) in [6.45, 7) is 7.66. The van der Waals surface area contributed by atoms with Crippen molar-refractivity contribution in [1.29, 1.82) is 0 Å². The van der Waals surface area contributed by atoms with Gasteiger partial charge in [0.15, 0.2) is 0 Å². The fourth-order valence-electron chi connectivity index (χ4n) is 4.02. The Hall–Kier alpha value is -2.73. The van der Waals surface area contributed by atoms with Crippen LogP contribution in [0.5, 0.6) is 0 Å². The van der Waals surface area contributed by atoms with Crippen LogP contribution in [0.3, 0.4) is 0 Å². The summed E-state index contributed by atoms with van der Waals surface area (Å²) >= 11 is 0. The lowest BCUT2D eigenvalue weighted by atomic mass is 9.94. The molecule has 1 aliphatic heterocycles. The molecule has 27 heavy (non-hydrogen) atoms. The lowest BCUT2D eigenvalue weighted by Crippen LogP contribution is -2.34. The first-order chi connectivity index (χ1) is 13.1. The summed E-state index contributed by atoms with van der Waals surface area (Å²) in [7, 11) is 0. The van der Waals surface area contributed by atoms with Gasteiger partial charge in [-0.25, -0.2) is 9.97 Å². The number of imidazole rings is 1. The summed E-state index contributed by atoms with van der Waals surface area (Å²) in [6.07, 6.45) is 4.68. The maximum Gasteiger partial charge on any atom is 0.270 e. The summed E-state index contributed by atoms with van der Waals surface area (Å²) in [5, 5.41) is 3.04. The van der Waals surface area contributed by atoms with Crippen LogP contribution < -0.4 is 5.32 Å². The number of hydrogen-bond acceptors (Lipinski definition) is 4. The molecule has 0 aliphatic carbocycles. The van der Waals surface area contributed by atoms with Crippen LogP contribution >= 0.6 is 0 Å². The summed E-state index contributed by atoms with van der Waals surface area (Å²) in [5.41, 5.74) is 4.09. The van der Waals surface area contributed by atoms with E-state index in [0.717, 1.165) is 19.6 Å². The highest BCUT2D eigenvalue weighted by molar-refractivity contribution is 5.94. The van der Waals surface area contributed by atoms with Crippen molar-refractivity contribution < 1.29 is 4.79 Å². The highest BCUT2D eigenvalue weighted by atomic mass is 16.1. The topological polar surface area (TPSA) is 62.5 Å². The number of hydrogen-bond donors (Lipinski definition) is 1. The quantitative estimate of drug-likeness (QED) is 0.757. The number of nitrogens with one attached hydrogen (secondary N) is 1. The number of benzene rings is 1. The minimum atomic E-state index is -0.0948. The van der Waals surface area contributed by atoms with Crippen LogP contribution in [-0.2, 0) is 0 Å². The van der Waals surface area contributed by atoms with Gasteiger partial charge in [-0.1, -0.05) is 24.3 Å². The predicted molar refractivity (Wildman–Crippen MR) is 105 cm³/mol. The molecular weight excluding hydrogens is 338 g/mol. The van der Waals surface area contributed by atoms with Gasteiger partial charge in [-0.2, -0.15) is 0 Å². The normalized spacial score (nSPS) is 17.5. The third kappa shape index (κ3) is 3.57. The number of nitrogens with zero attached hydrogens (tertiary/aromatic N) is 4. The van der Waals surface area contributed by atoms with E-state index in [1.165, 1.54) is 17.5 Å². The van der Waals surface area contributed by atoms with Crippen molar-refractivity contribution in [3.8, 4) is 0 Å². The van der Waals surface area contributed by atoms with E-state index in [0.29, 0.717) is 29.6 Å². The molecule has 4 rings (SSSR count). The zero-order valence-electron chi connectivity index (χ0n) is 15.9. The standard InChI is InChI=1S/C21H25N5O/c1-15-6-3-4-7-18(15)17-8-12-25(14-17)13-10-22-20(27)19-16(2)24-21-23-9-5-11-26(19)21/h3-7,9,11,17H,8,10,12-14H2,1-2H3,(H,22,27)/t17-/m1/s1. The van der Waals surface area contributed by atoms with E-state index >= 15 is 0 Å². The highest BCUT2D eigenvalue weighted by Crippen LogP contribution is 2.28. The minimum absolute atomic E-state index is 0.0948. The van der Waals surface area contributed by atoms with Crippen molar-refractivity contribution >= 4 is 11.7 Å². The van der Waals surface area contributed by atoms with Crippen molar-refractivity contribution in [3.05, 3.63) is 65.2 Å². The van der Waals surface area contributed by atoms with Crippen LogP contribution in [0.2, 0.25) is 0 Å². The Labute approximate surface area is 159 Å². The molecule has 6 nitrogen and oxygen atoms in total. The summed E-state index contributed by atoms with van der Waals surface area (Å²) in [4.78, 5) is 23.6. The van der Waals surface area contributed by atoms with Crippen molar-refractivity contribution in [2.75, 3.05) is 26.2 Å². The molecule has 6 heteroatoms. The molecule has 140 valence electrons. The van der Waals surface area contributed by atoms with Gasteiger partial charge in [0.25, 0.3) is 5.91 Å². The molecule has 3 aromatic rings. The molecule has 1 fully saturated rings. The van der Waals surface area contributed by atoms with Crippen molar-refractivity contribution in [3.63, 3.8) is 0 Å². The first-order valence-electron chi connectivity index (χ1n) is 9.49. The molecular formula is C21H25N5O. The second kappa shape index (κ2) is 7.48. The van der Waals surface area contributed by atoms with Gasteiger partial charge in [0, 0.05) is 32.0 Å². The Kier molecular flexibility index (Phi) is 4.90. The number of likely N-dealkylation sites (tertiary alicyclic amines) is 1. The molecule has 0 bridgehead atoms. The van der Waals surface area contributed by atoms with Gasteiger partial charge in [-0.3, -0.25) is 9.20 Å². The lowest BCUT2D eigenvalue weighted by Gasteiger charge is -2.17. The predicted octanol–water partition coefficient (Wildman–Crippen LogP) is 2.57. The summed E-state index contributed by atoms with van der Waals surface area (Å²) < 4.78 is 1.74. The van der Waals surface area contributed by atoms with E-state index in [2.05, 4.69) is 51.4 Å². The smallest absolute Gasteiger partial charge is 0.270 e. The highest BCUT2D eigenvalue weighted by Gasteiger charge is 2.24. The van der Waals surface area contributed by atoms with Crippen LogP contribution in [0.15, 0.2) is 42.7 Å². The second-order valence-electron chi connectivity index (χ2n) is 7.23. The number of rotatable bonds is 5. The molecule has 0 spiro atoms. The van der Waals surface area contributed by atoms with E-state index in [1.807, 2.05) is 13.1 Å². The molecule has 1 aromatic carbocycles. The molecule has 1 amide bonds. The van der Waals surface area contributed by atoms with E-state index < -0.39 is 0 Å². The number of aromatic nitrogens is 3. The largest absolute Gasteiger partial charge is 0.349 e. The fraction of sp³-hybridized carbons (Fsp3) is 0.381. The minimum Gasteiger partial charge on any atom is -0.349 e. The Balaban J connectivity index is 1.33. The molecule has 2 aromatic heterocycles. The van der Waals surface area contributed by atoms with Crippen molar-refractivity contribution in [2.45, 2.75) is 26.2 Å². The molecule has 0 radical (unpaired) electrons. The molecule has 3 heterocycles.